The van der Waals surface area contributed by atoms with Crippen LogP contribution in [0.15, 0.2) is 36.4 Å². The first-order valence-corrected chi connectivity index (χ1v) is 4.40. The van der Waals surface area contributed by atoms with Crippen molar-refractivity contribution in [3.8, 4) is 0 Å². The molecule has 1 rings (SSSR count). The van der Waals surface area contributed by atoms with Crippen LogP contribution >= 0.6 is 0 Å². The summed E-state index contributed by atoms with van der Waals surface area (Å²) in [6.45, 7) is 1.83. The maximum atomic E-state index is 10.3. The van der Waals surface area contributed by atoms with Crippen LogP contribution in [0.2, 0.25) is 0 Å². The zero-order chi connectivity index (χ0) is 9.52. The maximum Gasteiger partial charge on any atom is 0.127 e. The molecule has 1 nitrogen and oxygen atoms in total. The van der Waals surface area contributed by atoms with E-state index in [2.05, 4.69) is 18.2 Å². The number of hydrogen-bond acceptors (Lipinski definition) is 1. The summed E-state index contributed by atoms with van der Waals surface area (Å²) in [6, 6.07) is 10.1. The third kappa shape index (κ3) is 3.70. The summed E-state index contributed by atoms with van der Waals surface area (Å²) in [5.41, 5.74) is 1.24. The molecule has 0 heterocycles. The summed E-state index contributed by atoms with van der Waals surface area (Å²) in [7, 11) is 0. The van der Waals surface area contributed by atoms with Crippen molar-refractivity contribution in [2.45, 2.75) is 13.3 Å². The second kappa shape index (κ2) is 5.31. The Balaban J connectivity index is 2.43. The molecule has 0 aliphatic carbocycles. The van der Waals surface area contributed by atoms with Crippen LogP contribution in [0.5, 0.6) is 0 Å². The average molecular weight is 173 g/mol. The smallest absolute Gasteiger partial charge is 0.127 e. The van der Waals surface area contributed by atoms with E-state index in [0.29, 0.717) is 0 Å². The molecule has 1 radical (unpaired) electrons. The first kappa shape index (κ1) is 9.72. The summed E-state index contributed by atoms with van der Waals surface area (Å²) in [6.07, 6.45) is 6.64. The lowest BCUT2D eigenvalue weighted by Crippen LogP contribution is -1.90. The molecule has 1 atom stereocenters. The standard InChI is InChI=1S/C12H13O/c1-11(10-13)6-5-9-12-7-3-2-4-8-12/h2-5,7-8,10-11H,9H2,1H3/t11-/m1/s1. The van der Waals surface area contributed by atoms with E-state index in [1.165, 1.54) is 5.56 Å². The van der Waals surface area contributed by atoms with Gasteiger partial charge in [0.05, 0.1) is 0 Å². The largest absolute Gasteiger partial charge is 0.303 e. The Morgan fingerprint density at radius 1 is 1.38 bits per heavy atom. The molecular weight excluding hydrogens is 160 g/mol. The van der Waals surface area contributed by atoms with Gasteiger partial charge in [-0.1, -0.05) is 43.3 Å². The Labute approximate surface area is 79.1 Å². The van der Waals surface area contributed by atoms with Gasteiger partial charge in [-0.3, -0.25) is 0 Å². The highest BCUT2D eigenvalue weighted by atomic mass is 16.1. The van der Waals surface area contributed by atoms with Crippen molar-refractivity contribution < 1.29 is 4.79 Å². The molecule has 0 saturated carbocycles. The predicted octanol–water partition coefficient (Wildman–Crippen LogP) is 2.42. The SMILES string of the molecule is C[C@H]([C]=CCc1ccccc1)C=O. The molecule has 0 spiro atoms. The van der Waals surface area contributed by atoms with Gasteiger partial charge in [-0.05, 0) is 18.1 Å². The van der Waals surface area contributed by atoms with Crippen molar-refractivity contribution in [2.75, 3.05) is 0 Å². The van der Waals surface area contributed by atoms with Gasteiger partial charge in [-0.15, -0.1) is 0 Å². The Bertz CT molecular complexity index is 274. The molecule has 1 aromatic carbocycles. The Kier molecular flexibility index (Phi) is 3.97. The van der Waals surface area contributed by atoms with Gasteiger partial charge in [0, 0.05) is 5.92 Å². The van der Waals surface area contributed by atoms with E-state index in [-0.39, 0.29) is 5.92 Å². The van der Waals surface area contributed by atoms with Gasteiger partial charge in [-0.2, -0.15) is 0 Å². The summed E-state index contributed by atoms with van der Waals surface area (Å²) in [5, 5.41) is 0. The number of carbonyl (C=O) groups excluding carboxylic acids is 1. The number of rotatable bonds is 4. The van der Waals surface area contributed by atoms with E-state index < -0.39 is 0 Å². The normalized spacial score (nSPS) is 13.0. The van der Waals surface area contributed by atoms with Crippen molar-refractivity contribution in [3.05, 3.63) is 48.0 Å². The lowest BCUT2D eigenvalue weighted by atomic mass is 10.1. The number of hydrogen-bond donors (Lipinski definition) is 0. The number of allylic oxidation sites excluding steroid dienone is 2. The van der Waals surface area contributed by atoms with E-state index in [4.69, 9.17) is 0 Å². The lowest BCUT2D eigenvalue weighted by Gasteiger charge is -1.94. The van der Waals surface area contributed by atoms with Crippen molar-refractivity contribution in [1.82, 2.24) is 0 Å². The minimum absolute atomic E-state index is 0.0938. The van der Waals surface area contributed by atoms with Crippen molar-refractivity contribution in [2.24, 2.45) is 5.92 Å². The topological polar surface area (TPSA) is 17.1 Å². The summed E-state index contributed by atoms with van der Waals surface area (Å²) in [5.74, 6) is -0.0938. The highest BCUT2D eigenvalue weighted by Crippen LogP contribution is 2.01. The first-order valence-electron chi connectivity index (χ1n) is 4.40. The molecule has 67 valence electrons. The molecular formula is C12H13O. The van der Waals surface area contributed by atoms with Crippen molar-refractivity contribution in [3.63, 3.8) is 0 Å². The van der Waals surface area contributed by atoms with E-state index >= 15 is 0 Å². The summed E-state index contributed by atoms with van der Waals surface area (Å²) >= 11 is 0. The van der Waals surface area contributed by atoms with Gasteiger partial charge < -0.3 is 4.79 Å². The molecule has 1 aromatic rings. The fourth-order valence-corrected chi connectivity index (χ4v) is 1.02. The summed E-state index contributed by atoms with van der Waals surface area (Å²) < 4.78 is 0. The molecule has 0 saturated heterocycles. The van der Waals surface area contributed by atoms with Crippen LogP contribution in [0.4, 0.5) is 0 Å². The van der Waals surface area contributed by atoms with Crippen LogP contribution in [-0.4, -0.2) is 6.29 Å². The maximum absolute atomic E-state index is 10.3. The second-order valence-electron chi connectivity index (χ2n) is 2.99. The minimum Gasteiger partial charge on any atom is -0.303 e. The van der Waals surface area contributed by atoms with Gasteiger partial charge in [-0.25, -0.2) is 0 Å². The van der Waals surface area contributed by atoms with Gasteiger partial charge in [0.25, 0.3) is 0 Å². The number of aldehydes is 1. The molecule has 0 aliphatic heterocycles. The van der Waals surface area contributed by atoms with Crippen LogP contribution in [0.25, 0.3) is 0 Å². The van der Waals surface area contributed by atoms with E-state index in [1.807, 2.05) is 31.2 Å². The third-order valence-corrected chi connectivity index (χ3v) is 1.77. The van der Waals surface area contributed by atoms with Gasteiger partial charge in [0.1, 0.15) is 6.29 Å². The zero-order valence-corrected chi connectivity index (χ0v) is 7.73. The minimum atomic E-state index is -0.0938. The van der Waals surface area contributed by atoms with E-state index in [1.54, 1.807) is 0 Å². The third-order valence-electron chi connectivity index (χ3n) is 1.77. The zero-order valence-electron chi connectivity index (χ0n) is 7.73. The molecule has 0 N–H and O–H groups in total. The van der Waals surface area contributed by atoms with Gasteiger partial charge in [0.15, 0.2) is 0 Å². The van der Waals surface area contributed by atoms with Crippen LogP contribution in [0.1, 0.15) is 12.5 Å². The molecule has 0 unspecified atom stereocenters. The fourth-order valence-electron chi connectivity index (χ4n) is 1.02. The number of benzene rings is 1. The van der Waals surface area contributed by atoms with E-state index in [0.717, 1.165) is 12.7 Å². The summed E-state index contributed by atoms with van der Waals surface area (Å²) in [4.78, 5) is 10.3. The predicted molar refractivity (Wildman–Crippen MR) is 53.2 cm³/mol. The Morgan fingerprint density at radius 2 is 2.08 bits per heavy atom. The molecule has 1 heteroatoms. The van der Waals surface area contributed by atoms with Crippen LogP contribution in [0, 0.1) is 12.0 Å². The fraction of sp³-hybridized carbons (Fsp3) is 0.250. The average Bonchev–Trinajstić information content (AvgIpc) is 2.19. The Hall–Kier alpha value is -1.37. The van der Waals surface area contributed by atoms with Crippen molar-refractivity contribution >= 4 is 6.29 Å². The molecule has 0 fully saturated rings. The van der Waals surface area contributed by atoms with Crippen LogP contribution < -0.4 is 0 Å². The first-order chi connectivity index (χ1) is 6.33. The van der Waals surface area contributed by atoms with Gasteiger partial charge in [0.2, 0.25) is 0 Å². The molecule has 13 heavy (non-hydrogen) atoms. The number of carbonyl (C=O) groups is 1. The Morgan fingerprint density at radius 3 is 2.69 bits per heavy atom. The molecule has 0 amide bonds. The van der Waals surface area contributed by atoms with Crippen LogP contribution in [-0.2, 0) is 11.2 Å². The molecule has 0 aliphatic rings. The second-order valence-corrected chi connectivity index (χ2v) is 2.99. The van der Waals surface area contributed by atoms with E-state index in [9.17, 15) is 4.79 Å². The van der Waals surface area contributed by atoms with Crippen LogP contribution in [0.3, 0.4) is 0 Å². The van der Waals surface area contributed by atoms with Crippen molar-refractivity contribution in [1.29, 1.82) is 0 Å². The molecule has 0 bridgehead atoms. The highest BCUT2D eigenvalue weighted by molar-refractivity contribution is 5.54. The lowest BCUT2D eigenvalue weighted by molar-refractivity contribution is -0.109. The van der Waals surface area contributed by atoms with Gasteiger partial charge >= 0.3 is 0 Å². The monoisotopic (exact) mass is 173 g/mol. The quantitative estimate of drug-likeness (QED) is 0.639. The molecule has 0 aromatic heterocycles. The highest BCUT2D eigenvalue weighted by Gasteiger charge is 1.91.